The normalized spacial score (nSPS) is 18.5. The monoisotopic (exact) mass is 261 g/mol. The van der Waals surface area contributed by atoms with Gasteiger partial charge in [-0.15, -0.1) is 0 Å². The van der Waals surface area contributed by atoms with Crippen LogP contribution in [0.5, 0.6) is 0 Å². The van der Waals surface area contributed by atoms with Crippen LogP contribution in [0.15, 0.2) is 21.1 Å². The smallest absolute Gasteiger partial charge is 0.243 e. The summed E-state index contributed by atoms with van der Waals surface area (Å²) in [5.74, 6) is 3.87. The van der Waals surface area contributed by atoms with Gasteiger partial charge < -0.3 is 8.94 Å². The van der Waals surface area contributed by atoms with Crippen LogP contribution in [0.3, 0.4) is 0 Å². The van der Waals surface area contributed by atoms with Crippen molar-refractivity contribution in [3.8, 4) is 0 Å². The molecule has 2 unspecified atom stereocenters. The molecule has 2 heterocycles. The second-order valence-electron chi connectivity index (χ2n) is 5.32. The SMILES string of the molecule is Cc1ccc(C(C)NC(C)c2nc(C3CC3)no2)o1. The van der Waals surface area contributed by atoms with E-state index in [-0.39, 0.29) is 12.1 Å². The fourth-order valence-electron chi connectivity index (χ4n) is 2.15. The van der Waals surface area contributed by atoms with Crippen molar-refractivity contribution in [1.82, 2.24) is 15.5 Å². The second-order valence-corrected chi connectivity index (χ2v) is 5.32. The van der Waals surface area contributed by atoms with Gasteiger partial charge in [0.2, 0.25) is 5.89 Å². The van der Waals surface area contributed by atoms with Crippen LogP contribution in [-0.2, 0) is 0 Å². The van der Waals surface area contributed by atoms with Crippen molar-refractivity contribution in [3.63, 3.8) is 0 Å². The third-order valence-corrected chi connectivity index (χ3v) is 3.46. The standard InChI is InChI=1S/C14H19N3O2/c1-8-4-7-12(18-8)9(2)15-10(3)14-16-13(17-19-14)11-5-6-11/h4,7,9-11,15H,5-6H2,1-3H3. The molecule has 1 aliphatic rings. The first-order chi connectivity index (χ1) is 9.13. The maximum atomic E-state index is 5.61. The number of nitrogens with one attached hydrogen (secondary N) is 1. The van der Waals surface area contributed by atoms with Crippen molar-refractivity contribution in [3.05, 3.63) is 35.4 Å². The number of hydrogen-bond donors (Lipinski definition) is 1. The predicted molar refractivity (Wildman–Crippen MR) is 69.7 cm³/mol. The number of rotatable bonds is 5. The highest BCUT2D eigenvalue weighted by atomic mass is 16.5. The third kappa shape index (κ3) is 2.71. The zero-order valence-electron chi connectivity index (χ0n) is 11.5. The zero-order valence-corrected chi connectivity index (χ0v) is 11.5. The summed E-state index contributed by atoms with van der Waals surface area (Å²) in [6, 6.07) is 4.08. The average molecular weight is 261 g/mol. The first-order valence-corrected chi connectivity index (χ1v) is 6.79. The Morgan fingerprint density at radius 1 is 1.26 bits per heavy atom. The van der Waals surface area contributed by atoms with Gasteiger partial charge in [0.15, 0.2) is 5.82 Å². The van der Waals surface area contributed by atoms with E-state index in [1.165, 1.54) is 12.8 Å². The average Bonchev–Trinajstić information content (AvgIpc) is 2.94. The molecule has 1 aliphatic carbocycles. The lowest BCUT2D eigenvalue weighted by Crippen LogP contribution is -2.22. The van der Waals surface area contributed by atoms with Crippen molar-refractivity contribution in [2.75, 3.05) is 0 Å². The minimum absolute atomic E-state index is 0.0143. The summed E-state index contributed by atoms with van der Waals surface area (Å²) in [6.45, 7) is 6.03. The summed E-state index contributed by atoms with van der Waals surface area (Å²) in [5, 5.41) is 7.44. The molecule has 0 saturated heterocycles. The Morgan fingerprint density at radius 2 is 2.05 bits per heavy atom. The molecule has 0 radical (unpaired) electrons. The van der Waals surface area contributed by atoms with Gasteiger partial charge in [-0.25, -0.2) is 0 Å². The van der Waals surface area contributed by atoms with Gasteiger partial charge in [-0.2, -0.15) is 4.98 Å². The molecule has 3 rings (SSSR count). The summed E-state index contributed by atoms with van der Waals surface area (Å²) >= 11 is 0. The number of furan rings is 1. The van der Waals surface area contributed by atoms with Crippen molar-refractivity contribution in [2.45, 2.75) is 51.6 Å². The van der Waals surface area contributed by atoms with Gasteiger partial charge in [-0.05, 0) is 45.7 Å². The van der Waals surface area contributed by atoms with Gasteiger partial charge in [0.05, 0.1) is 12.1 Å². The highest BCUT2D eigenvalue weighted by Gasteiger charge is 2.29. The van der Waals surface area contributed by atoms with Crippen molar-refractivity contribution in [2.24, 2.45) is 0 Å². The summed E-state index contributed by atoms with van der Waals surface area (Å²) in [6.07, 6.45) is 2.37. The molecule has 2 aromatic heterocycles. The number of nitrogens with zero attached hydrogens (tertiary/aromatic N) is 2. The Hall–Kier alpha value is -1.62. The van der Waals surface area contributed by atoms with Crippen LogP contribution in [0, 0.1) is 6.92 Å². The largest absolute Gasteiger partial charge is 0.465 e. The summed E-state index contributed by atoms with van der Waals surface area (Å²) in [7, 11) is 0. The van der Waals surface area contributed by atoms with Crippen LogP contribution < -0.4 is 5.32 Å². The molecule has 0 bridgehead atoms. The fraction of sp³-hybridized carbons (Fsp3) is 0.571. The van der Waals surface area contributed by atoms with Crippen LogP contribution in [0.1, 0.15) is 67.9 Å². The number of hydrogen-bond acceptors (Lipinski definition) is 5. The van der Waals surface area contributed by atoms with E-state index in [0.717, 1.165) is 17.3 Å². The lowest BCUT2D eigenvalue weighted by atomic mass is 10.2. The molecule has 1 fully saturated rings. The van der Waals surface area contributed by atoms with Crippen LogP contribution in [0.2, 0.25) is 0 Å². The maximum absolute atomic E-state index is 5.61. The molecule has 0 aliphatic heterocycles. The quantitative estimate of drug-likeness (QED) is 0.895. The summed E-state index contributed by atoms with van der Waals surface area (Å²) in [4.78, 5) is 4.45. The first-order valence-electron chi connectivity index (χ1n) is 6.79. The number of aromatic nitrogens is 2. The number of aryl methyl sites for hydroxylation is 1. The fourth-order valence-corrected chi connectivity index (χ4v) is 2.15. The summed E-state index contributed by atoms with van der Waals surface area (Å²) in [5.41, 5.74) is 0. The lowest BCUT2D eigenvalue weighted by Gasteiger charge is -2.15. The molecular formula is C14H19N3O2. The van der Waals surface area contributed by atoms with E-state index >= 15 is 0 Å². The van der Waals surface area contributed by atoms with Gasteiger partial charge in [0, 0.05) is 5.92 Å². The highest BCUT2D eigenvalue weighted by Crippen LogP contribution is 2.38. The zero-order chi connectivity index (χ0) is 13.4. The van der Waals surface area contributed by atoms with Gasteiger partial charge in [0.1, 0.15) is 11.5 Å². The molecule has 2 atom stereocenters. The van der Waals surface area contributed by atoms with Gasteiger partial charge in [0.25, 0.3) is 0 Å². The van der Waals surface area contributed by atoms with Gasteiger partial charge >= 0.3 is 0 Å². The van der Waals surface area contributed by atoms with E-state index in [1.807, 2.05) is 26.0 Å². The molecule has 1 saturated carbocycles. The van der Waals surface area contributed by atoms with Gasteiger partial charge in [-0.1, -0.05) is 5.16 Å². The second kappa shape index (κ2) is 4.81. The first kappa shape index (κ1) is 12.4. The molecule has 102 valence electrons. The molecule has 0 aromatic carbocycles. The molecule has 5 heteroatoms. The minimum atomic E-state index is 0.0143. The molecule has 0 spiro atoms. The Labute approximate surface area is 112 Å². The van der Waals surface area contributed by atoms with Gasteiger partial charge in [-0.3, -0.25) is 5.32 Å². The van der Waals surface area contributed by atoms with E-state index in [9.17, 15) is 0 Å². The lowest BCUT2D eigenvalue weighted by molar-refractivity contribution is 0.313. The Morgan fingerprint density at radius 3 is 2.68 bits per heavy atom. The topological polar surface area (TPSA) is 64.1 Å². The Balaban J connectivity index is 1.64. The van der Waals surface area contributed by atoms with Crippen LogP contribution in [-0.4, -0.2) is 10.1 Å². The third-order valence-electron chi connectivity index (χ3n) is 3.46. The molecule has 19 heavy (non-hydrogen) atoms. The molecule has 5 nitrogen and oxygen atoms in total. The van der Waals surface area contributed by atoms with E-state index in [4.69, 9.17) is 8.94 Å². The maximum Gasteiger partial charge on any atom is 0.243 e. The Bertz CT molecular complexity index is 557. The Kier molecular flexibility index (Phi) is 3.14. The van der Waals surface area contributed by atoms with E-state index in [2.05, 4.69) is 22.4 Å². The van der Waals surface area contributed by atoms with E-state index < -0.39 is 0 Å². The van der Waals surface area contributed by atoms with E-state index in [1.54, 1.807) is 0 Å². The van der Waals surface area contributed by atoms with Crippen LogP contribution in [0.25, 0.3) is 0 Å². The minimum Gasteiger partial charge on any atom is -0.465 e. The molecular weight excluding hydrogens is 242 g/mol. The van der Waals surface area contributed by atoms with Crippen LogP contribution in [0.4, 0.5) is 0 Å². The molecule has 0 amide bonds. The van der Waals surface area contributed by atoms with E-state index in [0.29, 0.717) is 11.8 Å². The van der Waals surface area contributed by atoms with Crippen LogP contribution >= 0.6 is 0 Å². The summed E-state index contributed by atoms with van der Waals surface area (Å²) < 4.78 is 10.9. The predicted octanol–water partition coefficient (Wildman–Crippen LogP) is 3.26. The molecule has 1 N–H and O–H groups in total. The highest BCUT2D eigenvalue weighted by molar-refractivity contribution is 5.10. The van der Waals surface area contributed by atoms with Crippen molar-refractivity contribution >= 4 is 0 Å². The molecule has 2 aromatic rings. The van der Waals surface area contributed by atoms with Crippen molar-refractivity contribution in [1.29, 1.82) is 0 Å². The van der Waals surface area contributed by atoms with Crippen molar-refractivity contribution < 1.29 is 8.94 Å².